The third kappa shape index (κ3) is 4.24. The number of hydrogen-bond acceptors (Lipinski definition) is 4. The number of rotatable bonds is 5. The zero-order valence-electron chi connectivity index (χ0n) is 13.8. The average Bonchev–Trinajstić information content (AvgIpc) is 2.66. The first-order valence-electron chi connectivity index (χ1n) is 8.00. The van der Waals surface area contributed by atoms with Crippen LogP contribution in [-0.2, 0) is 4.79 Å². The molecule has 130 valence electrons. The number of hydrogen-bond donors (Lipinski definition) is 3. The van der Waals surface area contributed by atoms with E-state index in [9.17, 15) is 14.7 Å². The van der Waals surface area contributed by atoms with E-state index in [1.165, 1.54) is 12.3 Å². The highest BCUT2D eigenvalue weighted by atomic mass is 16.3. The lowest BCUT2D eigenvalue weighted by Crippen LogP contribution is -2.35. The van der Waals surface area contributed by atoms with Crippen LogP contribution in [0.2, 0.25) is 0 Å². The first-order chi connectivity index (χ1) is 12.6. The molecular formula is C20H17N3O3. The van der Waals surface area contributed by atoms with E-state index in [4.69, 9.17) is 0 Å². The average molecular weight is 347 g/mol. The summed E-state index contributed by atoms with van der Waals surface area (Å²) < 4.78 is 0. The van der Waals surface area contributed by atoms with Crippen LogP contribution < -0.4 is 10.7 Å². The number of amides is 2. The fourth-order valence-electron chi connectivity index (χ4n) is 2.50. The Morgan fingerprint density at radius 1 is 1.00 bits per heavy atom. The highest BCUT2D eigenvalue weighted by Crippen LogP contribution is 2.18. The number of nitrogens with zero attached hydrogens (tertiary/aromatic N) is 1. The maximum Gasteiger partial charge on any atom is 0.259 e. The Morgan fingerprint density at radius 3 is 2.62 bits per heavy atom. The van der Waals surface area contributed by atoms with Gasteiger partial charge in [-0.2, -0.15) is 5.10 Å². The van der Waals surface area contributed by atoms with Crippen molar-refractivity contribution in [2.45, 2.75) is 0 Å². The van der Waals surface area contributed by atoms with Crippen LogP contribution in [0.1, 0.15) is 15.9 Å². The molecule has 6 nitrogen and oxygen atoms in total. The molecule has 0 saturated heterocycles. The fraction of sp³-hybridized carbons (Fsp3) is 0.0500. The van der Waals surface area contributed by atoms with Gasteiger partial charge in [0, 0.05) is 5.56 Å². The van der Waals surface area contributed by atoms with Gasteiger partial charge in [0.1, 0.15) is 5.75 Å². The molecule has 3 rings (SSSR count). The minimum atomic E-state index is -0.449. The van der Waals surface area contributed by atoms with Gasteiger partial charge in [-0.3, -0.25) is 9.59 Å². The first kappa shape index (κ1) is 17.2. The molecule has 0 aliphatic carbocycles. The molecule has 3 N–H and O–H groups in total. The van der Waals surface area contributed by atoms with Crippen LogP contribution in [0.15, 0.2) is 71.8 Å². The second-order valence-corrected chi connectivity index (χ2v) is 5.60. The lowest BCUT2D eigenvalue weighted by Gasteiger charge is -2.07. The van der Waals surface area contributed by atoms with Crippen LogP contribution in [0.4, 0.5) is 0 Å². The van der Waals surface area contributed by atoms with E-state index >= 15 is 0 Å². The third-order valence-corrected chi connectivity index (χ3v) is 3.72. The molecule has 6 heteroatoms. The van der Waals surface area contributed by atoms with Crippen molar-refractivity contribution in [3.05, 3.63) is 77.9 Å². The Morgan fingerprint density at radius 2 is 1.77 bits per heavy atom. The van der Waals surface area contributed by atoms with Crippen LogP contribution >= 0.6 is 0 Å². The maximum atomic E-state index is 12.3. The molecule has 0 aromatic heterocycles. The van der Waals surface area contributed by atoms with Crippen molar-refractivity contribution in [2.24, 2.45) is 5.10 Å². The Hall–Kier alpha value is -3.67. The quantitative estimate of drug-likeness (QED) is 0.489. The van der Waals surface area contributed by atoms with Gasteiger partial charge in [-0.1, -0.05) is 48.5 Å². The molecule has 0 fully saturated rings. The molecule has 0 unspecified atom stereocenters. The third-order valence-electron chi connectivity index (χ3n) is 3.72. The summed E-state index contributed by atoms with van der Waals surface area (Å²) in [6.07, 6.45) is 1.41. The summed E-state index contributed by atoms with van der Waals surface area (Å²) in [6.45, 7) is -0.195. The number of benzene rings is 3. The van der Waals surface area contributed by atoms with Crippen LogP contribution in [0, 0.1) is 0 Å². The van der Waals surface area contributed by atoms with Gasteiger partial charge in [-0.05, 0) is 34.5 Å². The molecule has 0 aliphatic heterocycles. The highest BCUT2D eigenvalue weighted by molar-refractivity contribution is 6.07. The summed E-state index contributed by atoms with van der Waals surface area (Å²) in [7, 11) is 0. The van der Waals surface area contributed by atoms with E-state index in [2.05, 4.69) is 15.8 Å². The smallest absolute Gasteiger partial charge is 0.259 e. The Labute approximate surface area is 150 Å². The number of phenolic OH excluding ortho intramolecular Hbond substituents is 1. The van der Waals surface area contributed by atoms with Gasteiger partial charge in [0.25, 0.3) is 11.8 Å². The molecule has 3 aromatic rings. The van der Waals surface area contributed by atoms with E-state index in [-0.39, 0.29) is 18.2 Å². The SMILES string of the molecule is O=C(CNC(=O)c1cccc2ccccc12)NN=Cc1cccc(O)c1. The van der Waals surface area contributed by atoms with Crippen molar-refractivity contribution in [1.29, 1.82) is 0 Å². The zero-order valence-corrected chi connectivity index (χ0v) is 13.8. The molecule has 26 heavy (non-hydrogen) atoms. The van der Waals surface area contributed by atoms with Gasteiger partial charge in [0.2, 0.25) is 0 Å². The molecule has 2 amide bonds. The molecule has 0 radical (unpaired) electrons. The number of carbonyl (C=O) groups excluding carboxylic acids is 2. The van der Waals surface area contributed by atoms with Crippen molar-refractivity contribution in [1.82, 2.24) is 10.7 Å². The van der Waals surface area contributed by atoms with E-state index in [0.717, 1.165) is 10.8 Å². The Bertz CT molecular complexity index is 977. The molecule has 0 bridgehead atoms. The van der Waals surface area contributed by atoms with Gasteiger partial charge in [-0.15, -0.1) is 0 Å². The molecular weight excluding hydrogens is 330 g/mol. The second-order valence-electron chi connectivity index (χ2n) is 5.60. The molecule has 0 spiro atoms. The summed E-state index contributed by atoms with van der Waals surface area (Å²) in [5.41, 5.74) is 3.49. The zero-order chi connectivity index (χ0) is 18.4. The molecule has 0 aliphatic rings. The molecule has 3 aromatic carbocycles. The Balaban J connectivity index is 1.56. The Kier molecular flexibility index (Phi) is 5.24. The first-order valence-corrected chi connectivity index (χ1v) is 8.00. The topological polar surface area (TPSA) is 90.8 Å². The number of hydrazone groups is 1. The van der Waals surface area contributed by atoms with Crippen LogP contribution in [0.25, 0.3) is 10.8 Å². The lowest BCUT2D eigenvalue weighted by molar-refractivity contribution is -0.120. The summed E-state index contributed by atoms with van der Waals surface area (Å²) in [6, 6.07) is 19.5. The summed E-state index contributed by atoms with van der Waals surface area (Å²) in [5, 5.41) is 17.5. The van der Waals surface area contributed by atoms with Crippen LogP contribution in [-0.4, -0.2) is 29.7 Å². The fourth-order valence-corrected chi connectivity index (χ4v) is 2.50. The second kappa shape index (κ2) is 7.94. The van der Waals surface area contributed by atoms with Gasteiger partial charge < -0.3 is 10.4 Å². The molecule has 0 saturated carbocycles. The maximum absolute atomic E-state index is 12.3. The monoisotopic (exact) mass is 347 g/mol. The van der Waals surface area contributed by atoms with Gasteiger partial charge >= 0.3 is 0 Å². The van der Waals surface area contributed by atoms with Crippen molar-refractivity contribution >= 4 is 28.8 Å². The van der Waals surface area contributed by atoms with Crippen molar-refractivity contribution < 1.29 is 14.7 Å². The molecule has 0 atom stereocenters. The van der Waals surface area contributed by atoms with E-state index in [1.54, 1.807) is 30.3 Å². The number of phenols is 1. The highest BCUT2D eigenvalue weighted by Gasteiger charge is 2.10. The summed E-state index contributed by atoms with van der Waals surface area (Å²) in [4.78, 5) is 24.1. The van der Waals surface area contributed by atoms with Gasteiger partial charge in [0.15, 0.2) is 0 Å². The van der Waals surface area contributed by atoms with Crippen molar-refractivity contribution in [3.63, 3.8) is 0 Å². The largest absolute Gasteiger partial charge is 0.508 e. The van der Waals surface area contributed by atoms with Crippen molar-refractivity contribution in [3.8, 4) is 5.75 Å². The van der Waals surface area contributed by atoms with E-state index < -0.39 is 5.91 Å². The number of fused-ring (bicyclic) bond motifs is 1. The van der Waals surface area contributed by atoms with Gasteiger partial charge in [0.05, 0.1) is 12.8 Å². The minimum Gasteiger partial charge on any atom is -0.508 e. The van der Waals surface area contributed by atoms with Crippen molar-refractivity contribution in [2.75, 3.05) is 6.54 Å². The predicted octanol–water partition coefficient (Wildman–Crippen LogP) is 2.43. The predicted molar refractivity (Wildman–Crippen MR) is 100 cm³/mol. The van der Waals surface area contributed by atoms with E-state index in [1.807, 2.05) is 30.3 Å². The van der Waals surface area contributed by atoms with Crippen LogP contribution in [0.3, 0.4) is 0 Å². The number of carbonyl (C=O) groups is 2. The normalized spacial score (nSPS) is 10.8. The van der Waals surface area contributed by atoms with Crippen LogP contribution in [0.5, 0.6) is 5.75 Å². The van der Waals surface area contributed by atoms with E-state index in [0.29, 0.717) is 11.1 Å². The summed E-state index contributed by atoms with van der Waals surface area (Å²) >= 11 is 0. The van der Waals surface area contributed by atoms with Gasteiger partial charge in [-0.25, -0.2) is 5.43 Å². The minimum absolute atomic E-state index is 0.114. The summed E-state index contributed by atoms with van der Waals surface area (Å²) in [5.74, 6) is -0.661. The standard InChI is InChI=1S/C20H17N3O3/c24-16-8-3-5-14(11-16)12-22-23-19(25)13-21-20(26)18-10-4-7-15-6-1-2-9-17(15)18/h1-12,24H,13H2,(H,21,26)(H,23,25). The lowest BCUT2D eigenvalue weighted by atomic mass is 10.0. The molecule has 0 heterocycles. The number of nitrogens with one attached hydrogen (secondary N) is 2. The number of aromatic hydroxyl groups is 1.